The van der Waals surface area contributed by atoms with Gasteiger partial charge in [0.15, 0.2) is 5.13 Å². The Balaban J connectivity index is 1.53. The van der Waals surface area contributed by atoms with Gasteiger partial charge in [0.25, 0.3) is 5.78 Å². The zero-order valence-electron chi connectivity index (χ0n) is 20.8. The van der Waals surface area contributed by atoms with Gasteiger partial charge in [0.1, 0.15) is 17.6 Å². The maximum atomic E-state index is 13.5. The van der Waals surface area contributed by atoms with E-state index in [4.69, 9.17) is 9.72 Å². The molecule has 1 aromatic heterocycles. The molecule has 3 heterocycles. The summed E-state index contributed by atoms with van der Waals surface area (Å²) in [5.74, 6) is -0.826. The van der Waals surface area contributed by atoms with Crippen molar-refractivity contribution < 1.29 is 19.4 Å². The van der Waals surface area contributed by atoms with Crippen LogP contribution in [0.2, 0.25) is 0 Å². The van der Waals surface area contributed by atoms with Crippen LogP contribution in [0.4, 0.5) is 5.13 Å². The van der Waals surface area contributed by atoms with Crippen molar-refractivity contribution in [1.29, 1.82) is 0 Å². The minimum atomic E-state index is -0.795. The number of aromatic nitrogens is 1. The fourth-order valence-electron chi connectivity index (χ4n) is 5.13. The number of ether oxygens (including phenoxy) is 1. The van der Waals surface area contributed by atoms with E-state index in [2.05, 4.69) is 6.92 Å². The Morgan fingerprint density at radius 1 is 1.11 bits per heavy atom. The van der Waals surface area contributed by atoms with Crippen molar-refractivity contribution in [3.05, 3.63) is 94.1 Å². The summed E-state index contributed by atoms with van der Waals surface area (Å²) < 4.78 is 6.73. The van der Waals surface area contributed by atoms with E-state index >= 15 is 0 Å². The molecule has 0 radical (unpaired) electrons. The molecule has 0 saturated carbocycles. The number of aliphatic hydroxyl groups excluding tert-OH is 1. The standard InChI is InChI=1S/C30H26N2O4S/c1-4-18-6-8-19(9-7-18)26-25(27(33)20-10-12-23-21(15-20)14-17(3)36-23)28(34)29(35)32(26)30-31-22-11-5-16(2)13-24(22)37-30/h5-13,15,17,26,33H,4,14H2,1-3H3/t17-,26+/m1/s1. The van der Waals surface area contributed by atoms with Crippen LogP contribution in [-0.4, -0.2) is 27.9 Å². The minimum Gasteiger partial charge on any atom is -0.507 e. The number of thiazole rings is 1. The Bertz CT molecular complexity index is 1600. The number of ketones is 1. The van der Waals surface area contributed by atoms with Gasteiger partial charge in [-0.25, -0.2) is 4.98 Å². The number of benzene rings is 3. The lowest BCUT2D eigenvalue weighted by atomic mass is 9.94. The minimum absolute atomic E-state index is 0.0535. The number of amides is 1. The van der Waals surface area contributed by atoms with Gasteiger partial charge in [0.2, 0.25) is 0 Å². The lowest BCUT2D eigenvalue weighted by Crippen LogP contribution is -2.29. The van der Waals surface area contributed by atoms with Gasteiger partial charge in [-0.3, -0.25) is 14.5 Å². The van der Waals surface area contributed by atoms with Crippen LogP contribution in [0.1, 0.15) is 47.7 Å². The van der Waals surface area contributed by atoms with Crippen molar-refractivity contribution in [1.82, 2.24) is 4.98 Å². The molecule has 1 amide bonds. The summed E-state index contributed by atoms with van der Waals surface area (Å²) in [6.07, 6.45) is 1.64. The SMILES string of the molecule is CCc1ccc([C@H]2C(=C(O)c3ccc4c(c3)C[C@@H](C)O4)C(=O)C(=O)N2c2nc3ccc(C)cc3s2)cc1. The normalized spacial score (nSPS) is 20.5. The van der Waals surface area contributed by atoms with Crippen molar-refractivity contribution in [2.24, 2.45) is 0 Å². The van der Waals surface area contributed by atoms with Crippen molar-refractivity contribution >= 4 is 44.1 Å². The lowest BCUT2D eigenvalue weighted by molar-refractivity contribution is -0.132. The Labute approximate surface area is 218 Å². The van der Waals surface area contributed by atoms with Crippen LogP contribution in [-0.2, 0) is 22.4 Å². The van der Waals surface area contributed by atoms with E-state index in [0.29, 0.717) is 10.7 Å². The first-order valence-corrected chi connectivity index (χ1v) is 13.2. The number of aliphatic hydroxyl groups is 1. The predicted octanol–water partition coefficient (Wildman–Crippen LogP) is 6.12. The van der Waals surface area contributed by atoms with E-state index < -0.39 is 17.7 Å². The molecule has 2 atom stereocenters. The fourth-order valence-corrected chi connectivity index (χ4v) is 6.22. The summed E-state index contributed by atoms with van der Waals surface area (Å²) in [6, 6.07) is 18.3. The molecule has 7 heteroatoms. The van der Waals surface area contributed by atoms with E-state index in [1.807, 2.05) is 68.4 Å². The second kappa shape index (κ2) is 8.85. The number of Topliss-reactive ketones (excluding diaryl/α,β-unsaturated/α-hetero) is 1. The number of aryl methyl sites for hydroxylation is 2. The van der Waals surface area contributed by atoms with Crippen molar-refractivity contribution in [2.45, 2.75) is 45.8 Å². The van der Waals surface area contributed by atoms with Gasteiger partial charge in [0, 0.05) is 12.0 Å². The van der Waals surface area contributed by atoms with Crippen LogP contribution in [0.25, 0.3) is 16.0 Å². The van der Waals surface area contributed by atoms with Gasteiger partial charge in [-0.05, 0) is 72.9 Å². The number of nitrogens with zero attached hydrogens (tertiary/aromatic N) is 2. The third kappa shape index (κ3) is 3.90. The van der Waals surface area contributed by atoms with Gasteiger partial charge in [-0.15, -0.1) is 0 Å². The first-order valence-electron chi connectivity index (χ1n) is 12.4. The van der Waals surface area contributed by atoms with Gasteiger partial charge >= 0.3 is 5.91 Å². The summed E-state index contributed by atoms with van der Waals surface area (Å²) >= 11 is 1.37. The highest BCUT2D eigenvalue weighted by molar-refractivity contribution is 7.22. The first kappa shape index (κ1) is 23.4. The van der Waals surface area contributed by atoms with Crippen molar-refractivity contribution in [2.75, 3.05) is 4.90 Å². The second-order valence-corrected chi connectivity index (χ2v) is 10.7. The highest BCUT2D eigenvalue weighted by Crippen LogP contribution is 2.45. The summed E-state index contributed by atoms with van der Waals surface area (Å²) in [7, 11) is 0. The largest absolute Gasteiger partial charge is 0.507 e. The summed E-state index contributed by atoms with van der Waals surface area (Å²) in [4.78, 5) is 33.2. The number of anilines is 1. The fraction of sp³-hybridized carbons (Fsp3) is 0.233. The molecule has 0 spiro atoms. The van der Waals surface area contributed by atoms with E-state index in [1.165, 1.54) is 16.2 Å². The van der Waals surface area contributed by atoms with E-state index in [1.54, 1.807) is 6.07 Å². The molecule has 37 heavy (non-hydrogen) atoms. The molecule has 3 aromatic carbocycles. The molecule has 1 fully saturated rings. The quantitative estimate of drug-likeness (QED) is 0.203. The Morgan fingerprint density at radius 2 is 1.89 bits per heavy atom. The topological polar surface area (TPSA) is 79.7 Å². The maximum absolute atomic E-state index is 13.5. The third-order valence-electron chi connectivity index (χ3n) is 7.06. The predicted molar refractivity (Wildman–Crippen MR) is 145 cm³/mol. The molecule has 1 saturated heterocycles. The molecule has 4 aromatic rings. The van der Waals surface area contributed by atoms with E-state index in [-0.39, 0.29) is 17.4 Å². The molecular formula is C30H26N2O4S. The first-order chi connectivity index (χ1) is 17.8. The Hall–Kier alpha value is -3.97. The van der Waals surface area contributed by atoms with E-state index in [0.717, 1.165) is 51.1 Å². The van der Waals surface area contributed by atoms with Crippen LogP contribution < -0.4 is 9.64 Å². The van der Waals surface area contributed by atoms with Crippen molar-refractivity contribution in [3.63, 3.8) is 0 Å². The molecule has 1 N–H and O–H groups in total. The highest BCUT2D eigenvalue weighted by atomic mass is 32.1. The van der Waals surface area contributed by atoms with Gasteiger partial charge < -0.3 is 9.84 Å². The number of rotatable bonds is 4. The molecular weight excluding hydrogens is 484 g/mol. The Morgan fingerprint density at radius 3 is 2.65 bits per heavy atom. The maximum Gasteiger partial charge on any atom is 0.301 e. The van der Waals surface area contributed by atoms with Crippen LogP contribution in [0.5, 0.6) is 5.75 Å². The van der Waals surface area contributed by atoms with Gasteiger partial charge in [-0.2, -0.15) is 0 Å². The lowest BCUT2D eigenvalue weighted by Gasteiger charge is -2.23. The molecule has 6 nitrogen and oxygen atoms in total. The van der Waals surface area contributed by atoms with Crippen LogP contribution in [0, 0.1) is 6.92 Å². The molecule has 6 rings (SSSR count). The molecule has 0 bridgehead atoms. The molecule has 2 aliphatic rings. The average molecular weight is 511 g/mol. The summed E-state index contributed by atoms with van der Waals surface area (Å²) in [5, 5.41) is 11.9. The summed E-state index contributed by atoms with van der Waals surface area (Å²) in [5.41, 5.74) is 5.26. The molecule has 186 valence electrons. The Kier molecular flexibility index (Phi) is 5.60. The van der Waals surface area contributed by atoms with Gasteiger partial charge in [-0.1, -0.05) is 48.6 Å². The molecule has 0 aliphatic carbocycles. The van der Waals surface area contributed by atoms with Gasteiger partial charge in [0.05, 0.1) is 21.8 Å². The van der Waals surface area contributed by atoms with Crippen LogP contribution >= 0.6 is 11.3 Å². The number of carbonyl (C=O) groups excluding carboxylic acids is 2. The smallest absolute Gasteiger partial charge is 0.301 e. The second-order valence-electron chi connectivity index (χ2n) is 9.69. The van der Waals surface area contributed by atoms with E-state index in [9.17, 15) is 14.7 Å². The molecule has 0 unspecified atom stereocenters. The monoisotopic (exact) mass is 510 g/mol. The van der Waals surface area contributed by atoms with Crippen LogP contribution in [0.3, 0.4) is 0 Å². The molecule has 2 aliphatic heterocycles. The number of hydrogen-bond donors (Lipinski definition) is 1. The number of carbonyl (C=O) groups is 2. The van der Waals surface area contributed by atoms with Crippen molar-refractivity contribution in [3.8, 4) is 5.75 Å². The van der Waals surface area contributed by atoms with Crippen LogP contribution in [0.15, 0.2) is 66.2 Å². The average Bonchev–Trinajstić information content (AvgIpc) is 3.55. The zero-order valence-corrected chi connectivity index (χ0v) is 21.6. The summed E-state index contributed by atoms with van der Waals surface area (Å²) in [6.45, 7) is 6.07. The third-order valence-corrected chi connectivity index (χ3v) is 8.07. The highest BCUT2D eigenvalue weighted by Gasteiger charge is 2.48. The number of hydrogen-bond acceptors (Lipinski definition) is 6. The number of fused-ring (bicyclic) bond motifs is 2. The zero-order chi connectivity index (χ0) is 25.8.